The molecule has 2 heterocycles. The van der Waals surface area contributed by atoms with Crippen LogP contribution in [-0.2, 0) is 16.0 Å². The van der Waals surface area contributed by atoms with Crippen molar-refractivity contribution in [1.82, 2.24) is 20.4 Å². The summed E-state index contributed by atoms with van der Waals surface area (Å²) in [6.45, 7) is 1.77. The number of aryl methyl sites for hydroxylation is 1. The third-order valence-electron chi connectivity index (χ3n) is 6.42. The van der Waals surface area contributed by atoms with Crippen molar-refractivity contribution >= 4 is 11.8 Å². The van der Waals surface area contributed by atoms with E-state index in [1.807, 2.05) is 61.5 Å². The molecule has 188 valence electrons. The van der Waals surface area contributed by atoms with E-state index in [4.69, 9.17) is 5.73 Å². The van der Waals surface area contributed by atoms with Crippen molar-refractivity contribution in [2.75, 3.05) is 6.54 Å². The summed E-state index contributed by atoms with van der Waals surface area (Å²) in [5.41, 5.74) is 8.89. The standard InChI is InChI=1S/C27H30FN5O3/c1-17(29)18-7-9-20(10-8-18)26(19-5-3-2-4-6-19)30-27(36)23-15-21(28)16-33(23)25(35)14-12-22-11-13-24(34)32-31-22/h2-11,13,17,21,23,26H,12,14-16,29H2,1H3,(H,30,36)(H,32,34)/t17?,21-,23+,26+/m1/s1. The Balaban J connectivity index is 1.50. The minimum atomic E-state index is -1.28. The predicted octanol–water partition coefficient (Wildman–Crippen LogP) is 2.57. The highest BCUT2D eigenvalue weighted by Crippen LogP contribution is 2.27. The molecule has 1 aliphatic rings. The first kappa shape index (κ1) is 25.2. The van der Waals surface area contributed by atoms with Crippen LogP contribution in [0.3, 0.4) is 0 Å². The normalized spacial score (nSPS) is 19.0. The van der Waals surface area contributed by atoms with Gasteiger partial charge in [0, 0.05) is 31.4 Å². The Morgan fingerprint density at radius 3 is 2.39 bits per heavy atom. The molecular weight excluding hydrogens is 461 g/mol. The lowest BCUT2D eigenvalue weighted by Crippen LogP contribution is -2.47. The molecule has 4 N–H and O–H groups in total. The van der Waals surface area contributed by atoms with Crippen molar-refractivity contribution in [3.05, 3.63) is 99.5 Å². The summed E-state index contributed by atoms with van der Waals surface area (Å²) < 4.78 is 14.4. The van der Waals surface area contributed by atoms with Crippen molar-refractivity contribution in [2.45, 2.75) is 50.5 Å². The highest BCUT2D eigenvalue weighted by molar-refractivity contribution is 5.89. The topological polar surface area (TPSA) is 121 Å². The number of alkyl halides is 1. The quantitative estimate of drug-likeness (QED) is 0.447. The number of amides is 2. The van der Waals surface area contributed by atoms with E-state index in [-0.39, 0.29) is 43.3 Å². The van der Waals surface area contributed by atoms with E-state index in [0.717, 1.165) is 16.7 Å². The van der Waals surface area contributed by atoms with Crippen LogP contribution >= 0.6 is 0 Å². The van der Waals surface area contributed by atoms with Crippen LogP contribution in [0.15, 0.2) is 71.5 Å². The average Bonchev–Trinajstić information content (AvgIpc) is 3.29. The Hall–Kier alpha value is -3.85. The molecule has 4 atom stereocenters. The number of nitrogens with two attached hydrogens (primary N) is 1. The zero-order valence-corrected chi connectivity index (χ0v) is 20.1. The van der Waals surface area contributed by atoms with E-state index in [1.54, 1.807) is 6.07 Å². The van der Waals surface area contributed by atoms with Crippen molar-refractivity contribution in [3.63, 3.8) is 0 Å². The summed E-state index contributed by atoms with van der Waals surface area (Å²) in [6.07, 6.45) is -1.01. The van der Waals surface area contributed by atoms with E-state index < -0.39 is 24.2 Å². The van der Waals surface area contributed by atoms with E-state index in [1.165, 1.54) is 11.0 Å². The summed E-state index contributed by atoms with van der Waals surface area (Å²) in [7, 11) is 0. The SMILES string of the molecule is CC(N)c1ccc([C@@H](NC(=O)[C@@H]2C[C@@H](F)CN2C(=O)CCc2ccc(=O)[nH]n2)c2ccccc2)cc1. The molecule has 1 fully saturated rings. The number of H-pyrrole nitrogens is 1. The maximum Gasteiger partial charge on any atom is 0.264 e. The molecule has 1 aromatic heterocycles. The van der Waals surface area contributed by atoms with E-state index in [2.05, 4.69) is 15.5 Å². The zero-order valence-electron chi connectivity index (χ0n) is 20.1. The minimum absolute atomic E-state index is 0.0520. The molecule has 2 amide bonds. The average molecular weight is 492 g/mol. The van der Waals surface area contributed by atoms with Crippen LogP contribution in [0.4, 0.5) is 4.39 Å². The molecule has 0 saturated carbocycles. The number of nitrogens with one attached hydrogen (secondary N) is 2. The van der Waals surface area contributed by atoms with E-state index >= 15 is 0 Å². The number of benzene rings is 2. The third kappa shape index (κ3) is 6.04. The van der Waals surface area contributed by atoms with Gasteiger partial charge in [-0.1, -0.05) is 54.6 Å². The molecule has 0 radical (unpaired) electrons. The number of nitrogens with zero attached hydrogens (tertiary/aromatic N) is 2. The van der Waals surface area contributed by atoms with Crippen LogP contribution < -0.4 is 16.6 Å². The summed E-state index contributed by atoms with van der Waals surface area (Å²) in [5.74, 6) is -0.739. The highest BCUT2D eigenvalue weighted by Gasteiger charge is 2.40. The first-order valence-corrected chi connectivity index (χ1v) is 12.0. The number of likely N-dealkylation sites (tertiary alicyclic amines) is 1. The van der Waals surface area contributed by atoms with Gasteiger partial charge in [-0.2, -0.15) is 5.10 Å². The fourth-order valence-corrected chi connectivity index (χ4v) is 4.44. The largest absolute Gasteiger partial charge is 0.343 e. The van der Waals surface area contributed by atoms with Gasteiger partial charge < -0.3 is 16.0 Å². The van der Waals surface area contributed by atoms with Crippen LogP contribution in [-0.4, -0.2) is 45.7 Å². The second-order valence-electron chi connectivity index (χ2n) is 9.12. The van der Waals surface area contributed by atoms with Crippen LogP contribution in [0.1, 0.15) is 54.2 Å². The lowest BCUT2D eigenvalue weighted by atomic mass is 9.96. The maximum absolute atomic E-state index is 14.4. The number of rotatable bonds is 8. The molecule has 0 spiro atoms. The van der Waals surface area contributed by atoms with Crippen LogP contribution in [0, 0.1) is 0 Å². The number of halogens is 1. The van der Waals surface area contributed by atoms with Gasteiger partial charge in [0.2, 0.25) is 11.8 Å². The molecule has 3 aromatic rings. The van der Waals surface area contributed by atoms with Gasteiger partial charge in [0.25, 0.3) is 5.56 Å². The van der Waals surface area contributed by atoms with E-state index in [0.29, 0.717) is 5.69 Å². The van der Waals surface area contributed by atoms with Gasteiger partial charge in [0.15, 0.2) is 0 Å². The predicted molar refractivity (Wildman–Crippen MR) is 134 cm³/mol. The second-order valence-corrected chi connectivity index (χ2v) is 9.12. The molecular formula is C27H30FN5O3. The Morgan fingerprint density at radius 2 is 1.75 bits per heavy atom. The van der Waals surface area contributed by atoms with Crippen LogP contribution in [0.2, 0.25) is 0 Å². The molecule has 36 heavy (non-hydrogen) atoms. The van der Waals surface area contributed by atoms with Crippen molar-refractivity contribution < 1.29 is 14.0 Å². The van der Waals surface area contributed by atoms with Gasteiger partial charge >= 0.3 is 0 Å². The monoisotopic (exact) mass is 491 g/mol. The number of carbonyl (C=O) groups is 2. The van der Waals surface area contributed by atoms with Gasteiger partial charge in [-0.25, -0.2) is 9.49 Å². The molecule has 4 rings (SSSR count). The third-order valence-corrected chi connectivity index (χ3v) is 6.42. The van der Waals surface area contributed by atoms with Crippen LogP contribution in [0.25, 0.3) is 0 Å². The van der Waals surface area contributed by atoms with E-state index in [9.17, 15) is 18.8 Å². The maximum atomic E-state index is 14.4. The molecule has 9 heteroatoms. The van der Waals surface area contributed by atoms with Crippen molar-refractivity contribution in [3.8, 4) is 0 Å². The van der Waals surface area contributed by atoms with Gasteiger partial charge in [-0.3, -0.25) is 14.4 Å². The van der Waals surface area contributed by atoms with Crippen molar-refractivity contribution in [2.24, 2.45) is 5.73 Å². The summed E-state index contributed by atoms with van der Waals surface area (Å²) >= 11 is 0. The number of hydrogen-bond acceptors (Lipinski definition) is 5. The lowest BCUT2D eigenvalue weighted by Gasteiger charge is -2.27. The first-order valence-electron chi connectivity index (χ1n) is 12.0. The molecule has 1 aliphatic heterocycles. The molecule has 0 aliphatic carbocycles. The highest BCUT2D eigenvalue weighted by atomic mass is 19.1. The Bertz CT molecular complexity index is 1230. The second kappa shape index (κ2) is 11.3. The number of aromatic nitrogens is 2. The number of carbonyl (C=O) groups excluding carboxylic acids is 2. The van der Waals surface area contributed by atoms with Gasteiger partial charge in [-0.05, 0) is 29.7 Å². The zero-order chi connectivity index (χ0) is 25.7. The lowest BCUT2D eigenvalue weighted by molar-refractivity contribution is -0.138. The summed E-state index contributed by atoms with van der Waals surface area (Å²) in [6, 6.07) is 18.6. The molecule has 8 nitrogen and oxygen atoms in total. The fourth-order valence-electron chi connectivity index (χ4n) is 4.44. The fraction of sp³-hybridized carbons (Fsp3) is 0.333. The Morgan fingerprint density at radius 1 is 1.08 bits per heavy atom. The van der Waals surface area contributed by atoms with Crippen LogP contribution in [0.5, 0.6) is 0 Å². The summed E-state index contributed by atoms with van der Waals surface area (Å²) in [5, 5.41) is 9.27. The van der Waals surface area contributed by atoms with Gasteiger partial charge in [-0.15, -0.1) is 0 Å². The number of aromatic amines is 1. The number of hydrogen-bond donors (Lipinski definition) is 3. The summed E-state index contributed by atoms with van der Waals surface area (Å²) in [4.78, 5) is 38.8. The Labute approximate surface area is 208 Å². The molecule has 2 aromatic carbocycles. The first-order chi connectivity index (χ1) is 17.3. The Kier molecular flexibility index (Phi) is 7.90. The molecule has 0 bridgehead atoms. The molecule has 1 unspecified atom stereocenters. The van der Waals surface area contributed by atoms with Gasteiger partial charge in [0.1, 0.15) is 12.2 Å². The molecule has 1 saturated heterocycles. The van der Waals surface area contributed by atoms with Gasteiger partial charge in [0.05, 0.1) is 18.3 Å². The van der Waals surface area contributed by atoms with Crippen molar-refractivity contribution in [1.29, 1.82) is 0 Å². The minimum Gasteiger partial charge on any atom is -0.343 e. The smallest absolute Gasteiger partial charge is 0.264 e.